The van der Waals surface area contributed by atoms with Crippen LogP contribution in [0, 0.1) is 0 Å². The molecule has 22 heavy (non-hydrogen) atoms. The first kappa shape index (κ1) is 14.8. The van der Waals surface area contributed by atoms with Crippen molar-refractivity contribution in [3.63, 3.8) is 0 Å². The number of hydrogen-bond acceptors (Lipinski definition) is 4. The molecule has 0 spiro atoms. The molecule has 3 N–H and O–H groups in total. The minimum atomic E-state index is -0.532. The fourth-order valence-electron chi connectivity index (χ4n) is 2.41. The maximum Gasteiger partial charge on any atom is 0.319 e. The van der Waals surface area contributed by atoms with Gasteiger partial charge in [0.2, 0.25) is 12.7 Å². The Bertz CT molecular complexity index is 608. The highest BCUT2D eigenvalue weighted by atomic mass is 35.5. The van der Waals surface area contributed by atoms with Crippen molar-refractivity contribution in [2.75, 3.05) is 18.7 Å². The summed E-state index contributed by atoms with van der Waals surface area (Å²) in [6.07, 6.45) is 2.42. The van der Waals surface area contributed by atoms with Gasteiger partial charge in [-0.2, -0.15) is 0 Å². The summed E-state index contributed by atoms with van der Waals surface area (Å²) >= 11 is 6.09. The maximum absolute atomic E-state index is 12.1. The summed E-state index contributed by atoms with van der Waals surface area (Å²) in [7, 11) is 0. The van der Waals surface area contributed by atoms with Gasteiger partial charge in [0.25, 0.3) is 0 Å². The monoisotopic (exact) mass is 325 g/mol. The van der Waals surface area contributed by atoms with E-state index in [-0.39, 0.29) is 12.7 Å². The van der Waals surface area contributed by atoms with Gasteiger partial charge in [-0.3, -0.25) is 4.79 Å². The van der Waals surface area contributed by atoms with Gasteiger partial charge in [-0.1, -0.05) is 11.6 Å². The van der Waals surface area contributed by atoms with Crippen molar-refractivity contribution >= 4 is 29.2 Å². The number of hydrogen-bond donors (Lipinski definition) is 3. The summed E-state index contributed by atoms with van der Waals surface area (Å²) in [5, 5.41) is 8.39. The third-order valence-corrected chi connectivity index (χ3v) is 3.86. The number of benzene rings is 1. The molecule has 3 rings (SSSR count). The molecule has 0 aliphatic carbocycles. The predicted octanol–water partition coefficient (Wildman–Crippen LogP) is 1.86. The fraction of sp³-hybridized carbons (Fsp3) is 0.429. The minimum absolute atomic E-state index is 0.129. The number of urea groups is 1. The van der Waals surface area contributed by atoms with E-state index in [2.05, 4.69) is 16.0 Å². The van der Waals surface area contributed by atoms with E-state index in [0.717, 1.165) is 12.8 Å². The molecule has 0 radical (unpaired) electrons. The van der Waals surface area contributed by atoms with Crippen molar-refractivity contribution in [2.24, 2.45) is 0 Å². The summed E-state index contributed by atoms with van der Waals surface area (Å²) in [5.41, 5.74) is 0.400. The molecule has 1 aromatic rings. The van der Waals surface area contributed by atoms with Gasteiger partial charge in [0, 0.05) is 18.7 Å². The second kappa shape index (κ2) is 6.31. The molecule has 1 fully saturated rings. The molecule has 0 bridgehead atoms. The standard InChI is InChI=1S/C14H16ClN3O4/c15-8-5-11-12(22-7-21-11)6-10(8)18-14(20)17-9-3-1-2-4-16-13(9)19/h5-6,9H,1-4,7H2,(H,16,19)(H2,17,18,20)/t9-/m1/s1. The third-order valence-electron chi connectivity index (χ3n) is 3.55. The van der Waals surface area contributed by atoms with Gasteiger partial charge < -0.3 is 25.4 Å². The van der Waals surface area contributed by atoms with Crippen LogP contribution in [0.15, 0.2) is 12.1 Å². The first-order chi connectivity index (χ1) is 10.6. The highest BCUT2D eigenvalue weighted by molar-refractivity contribution is 6.34. The molecule has 8 heteroatoms. The second-order valence-corrected chi connectivity index (χ2v) is 5.53. The van der Waals surface area contributed by atoms with E-state index < -0.39 is 12.1 Å². The smallest absolute Gasteiger partial charge is 0.319 e. The molecule has 2 heterocycles. The Morgan fingerprint density at radius 2 is 2.05 bits per heavy atom. The Balaban J connectivity index is 1.65. The van der Waals surface area contributed by atoms with Crippen LogP contribution in [0.25, 0.3) is 0 Å². The van der Waals surface area contributed by atoms with E-state index in [1.54, 1.807) is 12.1 Å². The normalized spacial score (nSPS) is 20.0. The van der Waals surface area contributed by atoms with Crippen LogP contribution in [0.1, 0.15) is 19.3 Å². The van der Waals surface area contributed by atoms with E-state index in [4.69, 9.17) is 21.1 Å². The molecular formula is C14H16ClN3O4. The minimum Gasteiger partial charge on any atom is -0.454 e. The summed E-state index contributed by atoms with van der Waals surface area (Å²) in [6.45, 7) is 0.774. The van der Waals surface area contributed by atoms with E-state index in [9.17, 15) is 9.59 Å². The average molecular weight is 326 g/mol. The van der Waals surface area contributed by atoms with Crippen LogP contribution in [0.5, 0.6) is 11.5 Å². The first-order valence-corrected chi connectivity index (χ1v) is 7.45. The highest BCUT2D eigenvalue weighted by Crippen LogP contribution is 2.39. The van der Waals surface area contributed by atoms with Crippen LogP contribution >= 0.6 is 11.6 Å². The molecule has 2 aliphatic heterocycles. The van der Waals surface area contributed by atoms with Crippen LogP contribution in [-0.2, 0) is 4.79 Å². The quantitative estimate of drug-likeness (QED) is 0.774. The molecule has 1 saturated heterocycles. The average Bonchev–Trinajstić information content (AvgIpc) is 2.83. The van der Waals surface area contributed by atoms with Gasteiger partial charge in [0.15, 0.2) is 11.5 Å². The lowest BCUT2D eigenvalue weighted by atomic mass is 10.1. The van der Waals surface area contributed by atoms with Crippen LogP contribution < -0.4 is 25.4 Å². The zero-order valence-electron chi connectivity index (χ0n) is 11.8. The number of amides is 3. The van der Waals surface area contributed by atoms with Gasteiger partial charge in [-0.25, -0.2) is 4.79 Å². The van der Waals surface area contributed by atoms with Crippen LogP contribution in [0.3, 0.4) is 0 Å². The zero-order valence-corrected chi connectivity index (χ0v) is 12.5. The molecule has 0 saturated carbocycles. The number of carbonyl (C=O) groups excluding carboxylic acids is 2. The Hall–Kier alpha value is -2.15. The number of ether oxygens (including phenoxy) is 2. The number of carbonyl (C=O) groups is 2. The molecule has 3 amide bonds. The van der Waals surface area contributed by atoms with E-state index in [0.29, 0.717) is 35.2 Å². The largest absolute Gasteiger partial charge is 0.454 e. The number of fused-ring (bicyclic) bond motifs is 1. The molecule has 0 unspecified atom stereocenters. The summed E-state index contributed by atoms with van der Waals surface area (Å²) in [4.78, 5) is 23.9. The van der Waals surface area contributed by atoms with Crippen molar-refractivity contribution in [3.8, 4) is 11.5 Å². The van der Waals surface area contributed by atoms with Gasteiger partial charge in [0.1, 0.15) is 6.04 Å². The van der Waals surface area contributed by atoms with Gasteiger partial charge >= 0.3 is 6.03 Å². The van der Waals surface area contributed by atoms with E-state index >= 15 is 0 Å². The Morgan fingerprint density at radius 1 is 1.27 bits per heavy atom. The summed E-state index contributed by atoms with van der Waals surface area (Å²) in [5.74, 6) is 0.899. The molecule has 0 aromatic heterocycles. The van der Waals surface area contributed by atoms with Gasteiger partial charge in [-0.15, -0.1) is 0 Å². The van der Waals surface area contributed by atoms with E-state index in [1.165, 1.54) is 0 Å². The fourth-order valence-corrected chi connectivity index (χ4v) is 2.61. The topological polar surface area (TPSA) is 88.7 Å². The lowest BCUT2D eigenvalue weighted by molar-refractivity contribution is -0.122. The van der Waals surface area contributed by atoms with Crippen molar-refractivity contribution in [1.29, 1.82) is 0 Å². The molecular weight excluding hydrogens is 310 g/mol. The lowest BCUT2D eigenvalue weighted by Gasteiger charge is -2.16. The molecule has 1 aromatic carbocycles. The maximum atomic E-state index is 12.1. The molecule has 1 atom stereocenters. The highest BCUT2D eigenvalue weighted by Gasteiger charge is 2.23. The third kappa shape index (κ3) is 3.19. The Morgan fingerprint density at radius 3 is 2.86 bits per heavy atom. The zero-order chi connectivity index (χ0) is 15.5. The van der Waals surface area contributed by atoms with Crippen LogP contribution in [0.4, 0.5) is 10.5 Å². The molecule has 2 aliphatic rings. The van der Waals surface area contributed by atoms with Crippen molar-refractivity contribution < 1.29 is 19.1 Å². The predicted molar refractivity (Wildman–Crippen MR) is 80.4 cm³/mol. The number of rotatable bonds is 2. The van der Waals surface area contributed by atoms with Crippen LogP contribution in [-0.4, -0.2) is 31.3 Å². The van der Waals surface area contributed by atoms with Crippen molar-refractivity contribution in [1.82, 2.24) is 10.6 Å². The van der Waals surface area contributed by atoms with Crippen LogP contribution in [0.2, 0.25) is 5.02 Å². The SMILES string of the molecule is O=C(Nc1cc2c(cc1Cl)OCO2)N[C@@H]1CCCCNC1=O. The second-order valence-electron chi connectivity index (χ2n) is 5.12. The Kier molecular flexibility index (Phi) is 4.24. The first-order valence-electron chi connectivity index (χ1n) is 7.08. The van der Waals surface area contributed by atoms with Crippen molar-refractivity contribution in [2.45, 2.75) is 25.3 Å². The summed E-state index contributed by atoms with van der Waals surface area (Å²) in [6, 6.07) is 2.16. The molecule has 7 nitrogen and oxygen atoms in total. The van der Waals surface area contributed by atoms with Gasteiger partial charge in [0.05, 0.1) is 10.7 Å². The summed E-state index contributed by atoms with van der Waals surface area (Å²) < 4.78 is 10.4. The number of nitrogens with one attached hydrogen (secondary N) is 3. The van der Waals surface area contributed by atoms with E-state index in [1.807, 2.05) is 0 Å². The number of halogens is 1. The molecule has 118 valence electrons. The number of anilines is 1. The van der Waals surface area contributed by atoms with Crippen molar-refractivity contribution in [3.05, 3.63) is 17.2 Å². The lowest BCUT2D eigenvalue weighted by Crippen LogP contribution is -2.47. The van der Waals surface area contributed by atoms with Gasteiger partial charge in [-0.05, 0) is 19.3 Å². The Labute approximate surface area is 132 Å².